The van der Waals surface area contributed by atoms with Gasteiger partial charge in [-0.1, -0.05) is 24.3 Å². The van der Waals surface area contributed by atoms with E-state index in [4.69, 9.17) is 10.7 Å². The lowest BCUT2D eigenvalue weighted by Crippen LogP contribution is -2.02. The molecule has 0 bridgehead atoms. The van der Waals surface area contributed by atoms with Crippen molar-refractivity contribution in [2.75, 3.05) is 0 Å². The van der Waals surface area contributed by atoms with Crippen LogP contribution < -0.4 is 10.7 Å². The van der Waals surface area contributed by atoms with Crippen LogP contribution in [0, 0.1) is 0 Å². The highest BCUT2D eigenvalue weighted by Gasteiger charge is 2.18. The minimum Gasteiger partial charge on any atom is -0.507 e. The SMILES string of the molecule is NOc1cccc2c(O)c3cccc(O)c3c(O)c12. The van der Waals surface area contributed by atoms with Crippen molar-refractivity contribution < 1.29 is 20.2 Å². The minimum absolute atomic E-state index is 0.0439. The Kier molecular flexibility index (Phi) is 2.36. The first kappa shape index (κ1) is 11.4. The molecular weight excluding hydrogens is 246 g/mol. The second kappa shape index (κ2) is 3.93. The van der Waals surface area contributed by atoms with E-state index in [2.05, 4.69) is 0 Å². The average molecular weight is 257 g/mol. The Morgan fingerprint density at radius 3 is 2.11 bits per heavy atom. The first-order valence-corrected chi connectivity index (χ1v) is 5.60. The fourth-order valence-corrected chi connectivity index (χ4v) is 2.33. The lowest BCUT2D eigenvalue weighted by atomic mass is 9.99. The standard InChI is InChI=1S/C14H11NO4/c15-19-10-6-2-4-8-12(10)14(18)11-7(13(8)17)3-1-5-9(11)16/h1-6,16-18H,15H2. The van der Waals surface area contributed by atoms with E-state index in [1.54, 1.807) is 30.3 Å². The molecule has 5 N–H and O–H groups in total. The monoisotopic (exact) mass is 257 g/mol. The summed E-state index contributed by atoms with van der Waals surface area (Å²) in [4.78, 5) is 4.70. The molecule has 0 fully saturated rings. The molecule has 0 atom stereocenters. The van der Waals surface area contributed by atoms with E-state index < -0.39 is 0 Å². The van der Waals surface area contributed by atoms with Crippen LogP contribution in [0.3, 0.4) is 0 Å². The highest BCUT2D eigenvalue weighted by molar-refractivity contribution is 6.14. The Morgan fingerprint density at radius 1 is 0.789 bits per heavy atom. The normalized spacial score (nSPS) is 11.0. The third-order valence-electron chi connectivity index (χ3n) is 3.18. The smallest absolute Gasteiger partial charge is 0.158 e. The molecule has 0 saturated heterocycles. The molecule has 0 spiro atoms. The maximum atomic E-state index is 10.3. The number of rotatable bonds is 1. The van der Waals surface area contributed by atoms with Crippen LogP contribution >= 0.6 is 0 Å². The molecule has 0 saturated carbocycles. The Labute approximate surface area is 108 Å². The van der Waals surface area contributed by atoms with Gasteiger partial charge in [-0.05, 0) is 12.1 Å². The van der Waals surface area contributed by atoms with Crippen LogP contribution in [0.4, 0.5) is 0 Å². The van der Waals surface area contributed by atoms with Crippen molar-refractivity contribution in [3.63, 3.8) is 0 Å². The van der Waals surface area contributed by atoms with Gasteiger partial charge in [-0.2, -0.15) is 5.90 Å². The van der Waals surface area contributed by atoms with E-state index in [0.717, 1.165) is 0 Å². The molecule has 0 radical (unpaired) electrons. The van der Waals surface area contributed by atoms with Gasteiger partial charge in [0.05, 0.1) is 10.8 Å². The second-order valence-electron chi connectivity index (χ2n) is 4.19. The van der Waals surface area contributed by atoms with Crippen molar-refractivity contribution in [3.05, 3.63) is 36.4 Å². The zero-order chi connectivity index (χ0) is 13.6. The van der Waals surface area contributed by atoms with Gasteiger partial charge in [0.25, 0.3) is 0 Å². The lowest BCUT2D eigenvalue weighted by molar-refractivity contribution is 0.337. The van der Waals surface area contributed by atoms with Crippen LogP contribution in [-0.2, 0) is 0 Å². The van der Waals surface area contributed by atoms with Gasteiger partial charge in [-0.3, -0.25) is 0 Å². The predicted molar refractivity (Wildman–Crippen MR) is 71.3 cm³/mol. The largest absolute Gasteiger partial charge is 0.507 e. The number of nitrogens with two attached hydrogens (primary N) is 1. The van der Waals surface area contributed by atoms with Gasteiger partial charge in [0.2, 0.25) is 0 Å². The van der Waals surface area contributed by atoms with E-state index in [1.165, 1.54) is 6.07 Å². The second-order valence-corrected chi connectivity index (χ2v) is 4.19. The van der Waals surface area contributed by atoms with Crippen LogP contribution in [0.25, 0.3) is 21.5 Å². The number of benzene rings is 3. The zero-order valence-corrected chi connectivity index (χ0v) is 9.79. The van der Waals surface area contributed by atoms with Crippen LogP contribution in [0.15, 0.2) is 36.4 Å². The summed E-state index contributed by atoms with van der Waals surface area (Å²) in [5, 5.41) is 31.6. The quantitative estimate of drug-likeness (QED) is 0.305. The number of hydrogen-bond acceptors (Lipinski definition) is 5. The Balaban J connectivity index is 2.66. The van der Waals surface area contributed by atoms with Crippen molar-refractivity contribution >= 4 is 21.5 Å². The first-order chi connectivity index (χ1) is 9.15. The molecular formula is C14H11NO4. The fourth-order valence-electron chi connectivity index (χ4n) is 2.33. The van der Waals surface area contributed by atoms with Gasteiger partial charge in [-0.15, -0.1) is 0 Å². The zero-order valence-electron chi connectivity index (χ0n) is 9.79. The van der Waals surface area contributed by atoms with Crippen LogP contribution in [0.2, 0.25) is 0 Å². The summed E-state index contributed by atoms with van der Waals surface area (Å²) < 4.78 is 0. The molecule has 0 heterocycles. The third-order valence-corrected chi connectivity index (χ3v) is 3.18. The van der Waals surface area contributed by atoms with Gasteiger partial charge < -0.3 is 20.2 Å². The number of hydrogen-bond donors (Lipinski definition) is 4. The molecule has 0 amide bonds. The molecule has 96 valence electrons. The maximum absolute atomic E-state index is 10.3. The van der Waals surface area contributed by atoms with Gasteiger partial charge in [0, 0.05) is 10.8 Å². The highest BCUT2D eigenvalue weighted by Crippen LogP contribution is 2.47. The fraction of sp³-hybridized carbons (Fsp3) is 0. The number of phenolic OH excluding ortho intramolecular Hbond substituents is 3. The molecule has 0 aromatic heterocycles. The van der Waals surface area contributed by atoms with Crippen molar-refractivity contribution in [1.29, 1.82) is 0 Å². The molecule has 0 aliphatic rings. The molecule has 5 nitrogen and oxygen atoms in total. The van der Waals surface area contributed by atoms with Crippen molar-refractivity contribution in [2.45, 2.75) is 0 Å². The van der Waals surface area contributed by atoms with Gasteiger partial charge >= 0.3 is 0 Å². The summed E-state index contributed by atoms with van der Waals surface area (Å²) in [5.74, 6) is 5.03. The Morgan fingerprint density at radius 2 is 1.42 bits per heavy atom. The van der Waals surface area contributed by atoms with E-state index in [9.17, 15) is 15.3 Å². The van der Waals surface area contributed by atoms with E-state index in [1.807, 2.05) is 0 Å². The molecule has 19 heavy (non-hydrogen) atoms. The topological polar surface area (TPSA) is 95.9 Å². The molecule has 0 unspecified atom stereocenters. The van der Waals surface area contributed by atoms with E-state index in [-0.39, 0.29) is 33.8 Å². The number of phenols is 3. The number of fused-ring (bicyclic) bond motifs is 2. The maximum Gasteiger partial charge on any atom is 0.158 e. The molecule has 0 aliphatic heterocycles. The summed E-state index contributed by atoms with van der Waals surface area (Å²) in [6.07, 6.45) is 0. The minimum atomic E-state index is -0.179. The van der Waals surface area contributed by atoms with Crippen molar-refractivity contribution in [2.24, 2.45) is 5.90 Å². The first-order valence-electron chi connectivity index (χ1n) is 5.60. The molecule has 3 rings (SSSR count). The van der Waals surface area contributed by atoms with Crippen LogP contribution in [-0.4, -0.2) is 15.3 Å². The van der Waals surface area contributed by atoms with Crippen LogP contribution in [0.1, 0.15) is 0 Å². The summed E-state index contributed by atoms with van der Waals surface area (Å²) in [5.41, 5.74) is 0. The highest BCUT2D eigenvalue weighted by atomic mass is 16.6. The molecule has 5 heteroatoms. The van der Waals surface area contributed by atoms with Crippen LogP contribution in [0.5, 0.6) is 23.0 Å². The summed E-state index contributed by atoms with van der Waals surface area (Å²) >= 11 is 0. The lowest BCUT2D eigenvalue weighted by Gasteiger charge is -2.12. The van der Waals surface area contributed by atoms with Crippen molar-refractivity contribution in [3.8, 4) is 23.0 Å². The summed E-state index contributed by atoms with van der Waals surface area (Å²) in [7, 11) is 0. The Bertz CT molecular complexity index is 798. The summed E-state index contributed by atoms with van der Waals surface area (Å²) in [6.45, 7) is 0. The van der Waals surface area contributed by atoms with E-state index in [0.29, 0.717) is 10.8 Å². The predicted octanol–water partition coefficient (Wildman–Crippen LogP) is 2.36. The molecule has 3 aromatic rings. The number of aromatic hydroxyl groups is 3. The molecule has 3 aromatic carbocycles. The third kappa shape index (κ3) is 1.45. The Hall–Kier alpha value is -2.66. The van der Waals surface area contributed by atoms with Crippen molar-refractivity contribution in [1.82, 2.24) is 0 Å². The summed E-state index contributed by atoms with van der Waals surface area (Å²) in [6, 6.07) is 9.48. The van der Waals surface area contributed by atoms with Gasteiger partial charge in [-0.25, -0.2) is 0 Å². The molecule has 0 aliphatic carbocycles. The average Bonchev–Trinajstić information content (AvgIpc) is 2.43. The van der Waals surface area contributed by atoms with E-state index >= 15 is 0 Å². The van der Waals surface area contributed by atoms with Gasteiger partial charge in [0.1, 0.15) is 17.2 Å². The van der Waals surface area contributed by atoms with Gasteiger partial charge in [0.15, 0.2) is 5.75 Å².